The minimum absolute atomic E-state index is 0.196. The van der Waals surface area contributed by atoms with Crippen LogP contribution >= 0.6 is 0 Å². The van der Waals surface area contributed by atoms with Gasteiger partial charge in [0.2, 0.25) is 10.0 Å². The van der Waals surface area contributed by atoms with Gasteiger partial charge in [0, 0.05) is 6.04 Å². The van der Waals surface area contributed by atoms with Gasteiger partial charge in [-0.3, -0.25) is 0 Å². The number of nitrogens with one attached hydrogen (secondary N) is 1. The molecule has 1 aliphatic rings. The summed E-state index contributed by atoms with van der Waals surface area (Å²) in [5.74, 6) is 0.267. The predicted octanol–water partition coefficient (Wildman–Crippen LogP) is 2.43. The zero-order valence-corrected chi connectivity index (χ0v) is 10.5. The first-order chi connectivity index (χ1) is 7.14. The van der Waals surface area contributed by atoms with Crippen LogP contribution in [0.25, 0.3) is 0 Å². The zero-order valence-electron chi connectivity index (χ0n) is 9.67. The average Bonchev–Trinajstić information content (AvgIpc) is 2.09. The fourth-order valence-corrected chi connectivity index (χ4v) is 3.55. The molecule has 3 nitrogen and oxygen atoms in total. The van der Waals surface area contributed by atoms with Crippen LogP contribution in [0.15, 0.2) is 0 Å². The highest BCUT2D eigenvalue weighted by atomic mass is 32.2. The molecule has 0 heterocycles. The van der Waals surface area contributed by atoms with Gasteiger partial charge in [-0.05, 0) is 19.3 Å². The van der Waals surface area contributed by atoms with Gasteiger partial charge in [0.1, 0.15) is 0 Å². The molecule has 0 amide bonds. The van der Waals surface area contributed by atoms with Gasteiger partial charge in [-0.2, -0.15) is 0 Å². The van der Waals surface area contributed by atoms with Crippen molar-refractivity contribution in [3.63, 3.8) is 0 Å². The molecule has 0 bridgehead atoms. The van der Waals surface area contributed by atoms with E-state index in [0.29, 0.717) is 6.42 Å². The molecule has 15 heavy (non-hydrogen) atoms. The van der Waals surface area contributed by atoms with Gasteiger partial charge in [-0.15, -0.1) is 0 Å². The molecule has 0 atom stereocenters. The smallest absolute Gasteiger partial charge is 0.211 e. The molecule has 0 spiro atoms. The van der Waals surface area contributed by atoms with Gasteiger partial charge in [0.15, 0.2) is 0 Å². The molecular weight excluding hydrogens is 210 g/mol. The van der Waals surface area contributed by atoms with E-state index in [4.69, 9.17) is 0 Å². The van der Waals surface area contributed by atoms with Gasteiger partial charge < -0.3 is 0 Å². The Morgan fingerprint density at radius 3 is 2.13 bits per heavy atom. The molecule has 0 radical (unpaired) electrons. The van der Waals surface area contributed by atoms with Crippen LogP contribution in [0.2, 0.25) is 0 Å². The summed E-state index contributed by atoms with van der Waals surface area (Å²) in [6.07, 6.45) is 8.89. The van der Waals surface area contributed by atoms with E-state index in [-0.39, 0.29) is 11.8 Å². The Bertz CT molecular complexity index is 254. The average molecular weight is 233 g/mol. The predicted molar refractivity (Wildman–Crippen MR) is 63.3 cm³/mol. The SMILES string of the molecule is CCCS(=O)(=O)NC1CCCCCCC1. The lowest BCUT2D eigenvalue weighted by atomic mass is 9.97. The second-order valence-corrected chi connectivity index (χ2v) is 6.35. The highest BCUT2D eigenvalue weighted by Gasteiger charge is 2.17. The number of sulfonamides is 1. The minimum atomic E-state index is -3.01. The van der Waals surface area contributed by atoms with E-state index >= 15 is 0 Å². The van der Waals surface area contributed by atoms with Crippen LogP contribution in [0.4, 0.5) is 0 Å². The third-order valence-electron chi connectivity index (χ3n) is 2.92. The molecule has 0 unspecified atom stereocenters. The second kappa shape index (κ2) is 6.48. The van der Waals surface area contributed by atoms with Crippen LogP contribution in [0, 0.1) is 0 Å². The van der Waals surface area contributed by atoms with Crippen molar-refractivity contribution in [2.45, 2.75) is 64.3 Å². The van der Waals surface area contributed by atoms with E-state index in [0.717, 1.165) is 12.8 Å². The first-order valence-corrected chi connectivity index (χ1v) is 7.79. The summed E-state index contributed by atoms with van der Waals surface area (Å²) < 4.78 is 26.0. The lowest BCUT2D eigenvalue weighted by molar-refractivity contribution is 0.426. The van der Waals surface area contributed by atoms with E-state index in [9.17, 15) is 8.42 Å². The highest BCUT2D eigenvalue weighted by molar-refractivity contribution is 7.89. The normalized spacial score (nSPS) is 20.9. The monoisotopic (exact) mass is 233 g/mol. The maximum Gasteiger partial charge on any atom is 0.211 e. The molecule has 1 saturated carbocycles. The summed E-state index contributed by atoms with van der Waals surface area (Å²) in [6, 6.07) is 0.196. The fraction of sp³-hybridized carbons (Fsp3) is 1.00. The fourth-order valence-electron chi connectivity index (χ4n) is 2.16. The van der Waals surface area contributed by atoms with Crippen LogP contribution < -0.4 is 4.72 Å². The molecule has 0 aromatic heterocycles. The van der Waals surface area contributed by atoms with Crippen molar-refractivity contribution in [3.05, 3.63) is 0 Å². The van der Waals surface area contributed by atoms with E-state index in [2.05, 4.69) is 4.72 Å². The molecule has 4 heteroatoms. The largest absolute Gasteiger partial charge is 0.212 e. The van der Waals surface area contributed by atoms with Crippen molar-refractivity contribution in [2.24, 2.45) is 0 Å². The van der Waals surface area contributed by atoms with Crippen LogP contribution in [0.3, 0.4) is 0 Å². The lowest BCUT2D eigenvalue weighted by Gasteiger charge is -2.20. The Kier molecular flexibility index (Phi) is 5.61. The van der Waals surface area contributed by atoms with Crippen molar-refractivity contribution in [3.8, 4) is 0 Å². The van der Waals surface area contributed by atoms with Crippen LogP contribution in [-0.4, -0.2) is 20.2 Å². The van der Waals surface area contributed by atoms with Crippen molar-refractivity contribution in [1.29, 1.82) is 0 Å². The van der Waals surface area contributed by atoms with Gasteiger partial charge >= 0.3 is 0 Å². The van der Waals surface area contributed by atoms with Crippen LogP contribution in [0.5, 0.6) is 0 Å². The van der Waals surface area contributed by atoms with E-state index in [1.54, 1.807) is 0 Å². The van der Waals surface area contributed by atoms with Gasteiger partial charge in [-0.25, -0.2) is 13.1 Å². The quantitative estimate of drug-likeness (QED) is 0.810. The number of hydrogen-bond acceptors (Lipinski definition) is 2. The third-order valence-corrected chi connectivity index (χ3v) is 4.56. The molecule has 1 fully saturated rings. The first kappa shape index (κ1) is 13.0. The second-order valence-electron chi connectivity index (χ2n) is 4.48. The van der Waals surface area contributed by atoms with Crippen molar-refractivity contribution >= 4 is 10.0 Å². The Morgan fingerprint density at radius 2 is 1.60 bits per heavy atom. The summed E-state index contributed by atoms with van der Waals surface area (Å²) in [5.41, 5.74) is 0. The number of rotatable bonds is 4. The number of hydrogen-bond donors (Lipinski definition) is 1. The standard InChI is InChI=1S/C11H23NO2S/c1-2-10-15(13,14)12-11-8-6-4-3-5-7-9-11/h11-12H,2-10H2,1H3. The minimum Gasteiger partial charge on any atom is -0.212 e. The maximum absolute atomic E-state index is 11.6. The van der Waals surface area contributed by atoms with Crippen molar-refractivity contribution in [1.82, 2.24) is 4.72 Å². The maximum atomic E-state index is 11.6. The molecule has 0 aromatic carbocycles. The molecular formula is C11H23NO2S. The first-order valence-electron chi connectivity index (χ1n) is 6.14. The van der Waals surface area contributed by atoms with E-state index in [1.807, 2.05) is 6.92 Å². The zero-order chi connectivity index (χ0) is 11.1. The Labute approximate surface area is 93.7 Å². The van der Waals surface area contributed by atoms with Crippen LogP contribution in [0.1, 0.15) is 58.3 Å². The van der Waals surface area contributed by atoms with Gasteiger partial charge in [0.05, 0.1) is 5.75 Å². The lowest BCUT2D eigenvalue weighted by Crippen LogP contribution is -2.36. The van der Waals surface area contributed by atoms with Gasteiger partial charge in [0.25, 0.3) is 0 Å². The molecule has 0 aromatic rings. The van der Waals surface area contributed by atoms with Gasteiger partial charge in [-0.1, -0.05) is 39.0 Å². The molecule has 1 rings (SSSR count). The summed E-state index contributed by atoms with van der Waals surface area (Å²) in [4.78, 5) is 0. The third kappa shape index (κ3) is 5.52. The molecule has 0 saturated heterocycles. The molecule has 1 N–H and O–H groups in total. The summed E-state index contributed by atoms with van der Waals surface area (Å²) >= 11 is 0. The molecule has 0 aliphatic heterocycles. The van der Waals surface area contributed by atoms with Crippen molar-refractivity contribution < 1.29 is 8.42 Å². The Hall–Kier alpha value is -0.0900. The molecule has 90 valence electrons. The van der Waals surface area contributed by atoms with Crippen molar-refractivity contribution in [2.75, 3.05) is 5.75 Å². The topological polar surface area (TPSA) is 46.2 Å². The van der Waals surface area contributed by atoms with E-state index in [1.165, 1.54) is 32.1 Å². The highest BCUT2D eigenvalue weighted by Crippen LogP contribution is 2.17. The van der Waals surface area contributed by atoms with Crippen LogP contribution in [-0.2, 0) is 10.0 Å². The summed E-state index contributed by atoms with van der Waals surface area (Å²) in [7, 11) is -3.01. The summed E-state index contributed by atoms with van der Waals surface area (Å²) in [6.45, 7) is 1.90. The summed E-state index contributed by atoms with van der Waals surface area (Å²) in [5, 5.41) is 0. The molecule has 1 aliphatic carbocycles. The van der Waals surface area contributed by atoms with E-state index < -0.39 is 10.0 Å². The Balaban J connectivity index is 2.40. The Morgan fingerprint density at radius 1 is 1.07 bits per heavy atom.